The van der Waals surface area contributed by atoms with Crippen LogP contribution in [0.25, 0.3) is 0 Å². The summed E-state index contributed by atoms with van der Waals surface area (Å²) in [5.41, 5.74) is 0.801. The van der Waals surface area contributed by atoms with E-state index in [-0.39, 0.29) is 53.5 Å². The Morgan fingerprint density at radius 3 is 2.37 bits per heavy atom. The number of nitriles is 1. The Balaban J connectivity index is 0.712. The predicted molar refractivity (Wildman–Crippen MR) is 215 cm³/mol. The molecule has 0 bridgehead atoms. The van der Waals surface area contributed by atoms with Gasteiger partial charge >= 0.3 is 0 Å². The maximum atomic E-state index is 15.5. The lowest BCUT2D eigenvalue weighted by atomic mass is 9.71. The van der Waals surface area contributed by atoms with Gasteiger partial charge in [0.05, 0.1) is 39.5 Å². The molecule has 3 aromatic rings. The molecule has 5 heterocycles. The van der Waals surface area contributed by atoms with E-state index in [0.717, 1.165) is 94.8 Å². The highest BCUT2D eigenvalue weighted by atomic mass is 35.5. The number of hydrogen-bond donors (Lipinski definition) is 2. The number of nitrogens with zero attached hydrogens (tertiary/aromatic N) is 7. The Morgan fingerprint density at radius 1 is 0.967 bits per heavy atom. The van der Waals surface area contributed by atoms with Gasteiger partial charge in [0.15, 0.2) is 0 Å². The Hall–Kier alpha value is -5.40. The molecule has 1 atom stereocenters. The number of carbonyl (C=O) groups is 5. The quantitative estimate of drug-likeness (QED) is 0.283. The van der Waals surface area contributed by atoms with Crippen LogP contribution < -0.4 is 20.3 Å². The van der Waals surface area contributed by atoms with Crippen LogP contribution in [-0.4, -0.2) is 105 Å². The highest BCUT2D eigenvalue weighted by Crippen LogP contribution is 2.45. The lowest BCUT2D eigenvalue weighted by Crippen LogP contribution is -2.61. The van der Waals surface area contributed by atoms with Crippen molar-refractivity contribution in [2.24, 2.45) is 11.3 Å². The molecule has 2 N–H and O–H groups in total. The van der Waals surface area contributed by atoms with Crippen LogP contribution in [0.2, 0.25) is 5.02 Å². The number of carbonyl (C=O) groups excluding carboxylic acids is 5. The Bertz CT molecular complexity index is 2260. The minimum atomic E-state index is -1.09. The molecule has 0 radical (unpaired) electrons. The van der Waals surface area contributed by atoms with Crippen LogP contribution in [0.1, 0.15) is 120 Å². The van der Waals surface area contributed by atoms with Gasteiger partial charge < -0.3 is 19.9 Å². The fourth-order valence-corrected chi connectivity index (χ4v) is 10.4. The number of amides is 5. The van der Waals surface area contributed by atoms with Crippen LogP contribution in [0.15, 0.2) is 36.7 Å². The second-order valence-electron chi connectivity index (χ2n) is 17.5. The van der Waals surface area contributed by atoms with Gasteiger partial charge in [0.1, 0.15) is 30.0 Å². The topological polar surface area (TPSA) is 183 Å². The van der Waals surface area contributed by atoms with Crippen molar-refractivity contribution in [1.82, 2.24) is 35.2 Å². The summed E-state index contributed by atoms with van der Waals surface area (Å²) in [5, 5.41) is 19.3. The highest BCUT2D eigenvalue weighted by Gasteiger charge is 2.48. The first-order valence-corrected chi connectivity index (χ1v) is 21.4. The summed E-state index contributed by atoms with van der Waals surface area (Å²) in [6.07, 6.45) is 10.6. The molecule has 60 heavy (non-hydrogen) atoms. The van der Waals surface area contributed by atoms with Crippen molar-refractivity contribution in [3.05, 3.63) is 70.0 Å². The van der Waals surface area contributed by atoms with Gasteiger partial charge in [-0.25, -0.2) is 14.1 Å². The normalized spacial score (nSPS) is 26.6. The summed E-state index contributed by atoms with van der Waals surface area (Å²) >= 11 is 6.17. The number of halogens is 2. The summed E-state index contributed by atoms with van der Waals surface area (Å²) < 4.78 is 23.4. The van der Waals surface area contributed by atoms with Gasteiger partial charge in [-0.2, -0.15) is 10.4 Å². The standard InChI is InChI=1S/C43H47ClFN9O6/c44-33-17-30(8-3-26(33)20-46)60-29-9-4-27(5-10-29)49-40(57)38-47-24-48-54(38)28-6-1-25(2-7-28)21-51-15-13-43(14-16-51)22-52(23-43)36-19-32-31(18-34(36)45)41(58)53(42(32)59)35-11-12-37(55)50-39(35)56/h3,8,17-19,24-25,27-29,35H,1-2,4-7,9-16,21-23H2,(H,49,57)(H,50,55,56)/t25-,27-,28-,29-,35?. The van der Waals surface area contributed by atoms with E-state index in [0.29, 0.717) is 46.9 Å². The zero-order valence-electron chi connectivity index (χ0n) is 33.2. The molecule has 2 saturated carbocycles. The van der Waals surface area contributed by atoms with E-state index in [4.69, 9.17) is 21.6 Å². The molecule has 1 aromatic heterocycles. The fraction of sp³-hybridized carbons (Fsp3) is 0.535. The number of rotatable bonds is 9. The van der Waals surface area contributed by atoms with Crippen molar-refractivity contribution in [1.29, 1.82) is 5.26 Å². The molecular weight excluding hydrogens is 793 g/mol. The van der Waals surface area contributed by atoms with Crippen molar-refractivity contribution >= 4 is 46.8 Å². The van der Waals surface area contributed by atoms with Gasteiger partial charge in [-0.3, -0.25) is 34.2 Å². The molecule has 1 unspecified atom stereocenters. The number of likely N-dealkylation sites (tertiary alicyclic amines) is 1. The maximum absolute atomic E-state index is 15.5. The summed E-state index contributed by atoms with van der Waals surface area (Å²) in [7, 11) is 0. The third-order valence-corrected chi connectivity index (χ3v) is 14.0. The van der Waals surface area contributed by atoms with Gasteiger partial charge in [-0.05, 0) is 114 Å². The average molecular weight is 840 g/mol. The Labute approximate surface area is 351 Å². The zero-order chi connectivity index (χ0) is 41.7. The highest BCUT2D eigenvalue weighted by molar-refractivity contribution is 6.31. The Morgan fingerprint density at radius 2 is 1.68 bits per heavy atom. The number of anilines is 1. The molecule has 2 aliphatic carbocycles. The number of fused-ring (bicyclic) bond motifs is 1. The first-order valence-electron chi connectivity index (χ1n) is 21.1. The molecule has 4 aliphatic heterocycles. The summed E-state index contributed by atoms with van der Waals surface area (Å²) in [4.78, 5) is 73.6. The molecule has 5 amide bonds. The minimum Gasteiger partial charge on any atom is -0.490 e. The van der Waals surface area contributed by atoms with Gasteiger partial charge in [-0.15, -0.1) is 0 Å². The molecule has 17 heteroatoms. The minimum absolute atomic E-state index is 0.00995. The SMILES string of the molecule is N#Cc1ccc(O[C@H]2CC[C@H](NC(=O)c3ncnn3[C@H]3CC[C@H](CN4CCC5(CC4)CN(c4cc6c(cc4F)C(=O)N(C4CCC(=O)NC4=O)C6=O)C5)CC3)CC2)cc1Cl. The number of piperidine rings is 2. The summed E-state index contributed by atoms with van der Waals surface area (Å²) in [6.45, 7) is 4.26. The summed E-state index contributed by atoms with van der Waals surface area (Å²) in [6, 6.07) is 8.75. The molecule has 314 valence electrons. The predicted octanol–water partition coefficient (Wildman–Crippen LogP) is 4.80. The van der Waals surface area contributed by atoms with E-state index in [1.807, 2.05) is 9.58 Å². The average Bonchev–Trinajstić information content (AvgIpc) is 3.81. The lowest BCUT2D eigenvalue weighted by molar-refractivity contribution is -0.136. The van der Waals surface area contributed by atoms with Crippen LogP contribution in [0.4, 0.5) is 10.1 Å². The van der Waals surface area contributed by atoms with Crippen molar-refractivity contribution in [3.8, 4) is 11.8 Å². The van der Waals surface area contributed by atoms with Crippen LogP contribution in [-0.2, 0) is 9.59 Å². The lowest BCUT2D eigenvalue weighted by Gasteiger charge is -2.55. The monoisotopic (exact) mass is 839 g/mol. The third-order valence-electron chi connectivity index (χ3n) is 13.6. The first-order chi connectivity index (χ1) is 29.0. The number of nitrogens with one attached hydrogen (secondary N) is 2. The molecular formula is C43H47ClFN9O6. The van der Waals surface area contributed by atoms with E-state index < -0.39 is 35.5 Å². The van der Waals surface area contributed by atoms with Gasteiger partial charge in [0.2, 0.25) is 17.6 Å². The maximum Gasteiger partial charge on any atom is 0.289 e. The van der Waals surface area contributed by atoms with Gasteiger partial charge in [-0.1, -0.05) is 11.6 Å². The van der Waals surface area contributed by atoms with E-state index >= 15 is 4.39 Å². The molecule has 6 aliphatic rings. The second-order valence-corrected chi connectivity index (χ2v) is 17.9. The largest absolute Gasteiger partial charge is 0.490 e. The van der Waals surface area contributed by atoms with E-state index in [9.17, 15) is 24.0 Å². The van der Waals surface area contributed by atoms with Crippen molar-refractivity contribution < 1.29 is 33.1 Å². The van der Waals surface area contributed by atoms with Crippen molar-refractivity contribution in [2.75, 3.05) is 37.6 Å². The number of hydrogen-bond acceptors (Lipinski definition) is 11. The molecule has 3 saturated heterocycles. The molecule has 2 aromatic carbocycles. The van der Waals surface area contributed by atoms with Gasteiger partial charge in [0.25, 0.3) is 17.7 Å². The fourth-order valence-electron chi connectivity index (χ4n) is 10.2. The number of ether oxygens (including phenoxy) is 1. The number of imide groups is 2. The first kappa shape index (κ1) is 40.0. The third kappa shape index (κ3) is 7.73. The van der Waals surface area contributed by atoms with E-state index in [2.05, 4.69) is 31.7 Å². The van der Waals surface area contributed by atoms with Crippen LogP contribution >= 0.6 is 11.6 Å². The van der Waals surface area contributed by atoms with Crippen LogP contribution in [0.3, 0.4) is 0 Å². The van der Waals surface area contributed by atoms with E-state index in [1.54, 1.807) is 18.2 Å². The molecule has 9 rings (SSSR count). The number of benzene rings is 2. The molecule has 1 spiro atoms. The van der Waals surface area contributed by atoms with Crippen LogP contribution in [0.5, 0.6) is 5.75 Å². The summed E-state index contributed by atoms with van der Waals surface area (Å²) in [5.74, 6) is -1.73. The second kappa shape index (κ2) is 16.2. The van der Waals surface area contributed by atoms with E-state index in [1.165, 1.54) is 12.4 Å². The zero-order valence-corrected chi connectivity index (χ0v) is 34.0. The smallest absolute Gasteiger partial charge is 0.289 e. The van der Waals surface area contributed by atoms with Gasteiger partial charge in [0, 0.05) is 43.6 Å². The Kier molecular flexibility index (Phi) is 10.8. The number of aromatic nitrogens is 3. The van der Waals surface area contributed by atoms with Crippen molar-refractivity contribution in [2.45, 2.75) is 101 Å². The molecule has 15 nitrogen and oxygen atoms in total. The van der Waals surface area contributed by atoms with Crippen LogP contribution in [0, 0.1) is 28.5 Å². The molecule has 5 fully saturated rings. The van der Waals surface area contributed by atoms with Crippen molar-refractivity contribution in [3.63, 3.8) is 0 Å².